The Morgan fingerprint density at radius 1 is 0.800 bits per heavy atom. The van der Waals surface area contributed by atoms with Gasteiger partial charge in [0.1, 0.15) is 0 Å². The quantitative estimate of drug-likeness (QED) is 0.548. The molecule has 0 unspecified atom stereocenters. The van der Waals surface area contributed by atoms with Crippen molar-refractivity contribution in [1.29, 1.82) is 0 Å². The molecule has 0 aliphatic heterocycles. The van der Waals surface area contributed by atoms with Gasteiger partial charge in [-0.3, -0.25) is 0 Å². The SMILES string of the molecule is [Cl][Ru+2][Cl].[c-]1ccccn1.[c-]1ccccn1. The van der Waals surface area contributed by atoms with Gasteiger partial charge in [0.25, 0.3) is 0 Å². The van der Waals surface area contributed by atoms with Crippen molar-refractivity contribution in [3.05, 3.63) is 61.2 Å². The van der Waals surface area contributed by atoms with Gasteiger partial charge in [-0.15, -0.1) is 0 Å². The number of hydrogen-bond donors (Lipinski definition) is 0. The molecule has 0 aliphatic rings. The van der Waals surface area contributed by atoms with E-state index in [-0.39, 0.29) is 15.1 Å². The summed E-state index contributed by atoms with van der Waals surface area (Å²) in [5.41, 5.74) is 0. The number of hydrogen-bond acceptors (Lipinski definition) is 2. The fraction of sp³-hybridized carbons (Fsp3) is 0. The summed E-state index contributed by atoms with van der Waals surface area (Å²) in [6, 6.07) is 11.0. The minimum Gasteiger partial charge on any atom is -0.394 e. The van der Waals surface area contributed by atoms with Gasteiger partial charge in [-0.05, 0) is 0 Å². The molecule has 2 heterocycles. The summed E-state index contributed by atoms with van der Waals surface area (Å²) in [5, 5.41) is 0. The van der Waals surface area contributed by atoms with Gasteiger partial charge in [-0.1, -0.05) is 24.8 Å². The van der Waals surface area contributed by atoms with Crippen molar-refractivity contribution < 1.29 is 15.1 Å². The zero-order valence-corrected chi connectivity index (χ0v) is 10.9. The summed E-state index contributed by atoms with van der Waals surface area (Å²) < 4.78 is 0. The molecule has 0 aliphatic carbocycles. The summed E-state index contributed by atoms with van der Waals surface area (Å²) >= 11 is -0.346. The van der Waals surface area contributed by atoms with E-state index in [2.05, 4.69) is 22.4 Å². The molecular weight excluding hydrogens is 320 g/mol. The Bertz CT molecular complexity index is 210. The van der Waals surface area contributed by atoms with Gasteiger partial charge >= 0.3 is 34.5 Å². The Labute approximate surface area is 105 Å². The Morgan fingerprint density at radius 3 is 1.27 bits per heavy atom. The first kappa shape index (κ1) is 14.5. The van der Waals surface area contributed by atoms with Gasteiger partial charge in [0.05, 0.1) is 0 Å². The van der Waals surface area contributed by atoms with Crippen molar-refractivity contribution in [2.75, 3.05) is 0 Å². The summed E-state index contributed by atoms with van der Waals surface area (Å²) in [6.45, 7) is 0. The maximum atomic E-state index is 4.85. The van der Waals surface area contributed by atoms with Crippen LogP contribution in [0.3, 0.4) is 0 Å². The van der Waals surface area contributed by atoms with Crippen molar-refractivity contribution in [3.8, 4) is 0 Å². The Morgan fingerprint density at radius 2 is 1.20 bits per heavy atom. The van der Waals surface area contributed by atoms with Gasteiger partial charge in [0.2, 0.25) is 0 Å². The van der Waals surface area contributed by atoms with Crippen LogP contribution in [0.15, 0.2) is 48.8 Å². The van der Waals surface area contributed by atoms with Crippen molar-refractivity contribution in [3.63, 3.8) is 0 Å². The molecule has 2 nitrogen and oxygen atoms in total. The molecule has 0 bridgehead atoms. The molecule has 0 saturated carbocycles. The molecule has 2 rings (SSSR count). The van der Waals surface area contributed by atoms with E-state index in [1.54, 1.807) is 24.5 Å². The normalized spacial score (nSPS) is 7.60. The van der Waals surface area contributed by atoms with E-state index >= 15 is 0 Å². The minimum atomic E-state index is -0.346. The average Bonchev–Trinajstić information content (AvgIpc) is 2.35. The van der Waals surface area contributed by atoms with Crippen LogP contribution < -0.4 is 0 Å². The van der Waals surface area contributed by atoms with Crippen LogP contribution in [-0.4, -0.2) is 9.97 Å². The summed E-state index contributed by atoms with van der Waals surface area (Å²) in [5.74, 6) is 0. The molecule has 0 N–H and O–H groups in total. The van der Waals surface area contributed by atoms with Crippen LogP contribution in [0.2, 0.25) is 0 Å². The van der Waals surface area contributed by atoms with E-state index in [9.17, 15) is 0 Å². The maximum Gasteiger partial charge on any atom is -0.0813 e. The van der Waals surface area contributed by atoms with Crippen LogP contribution in [0.5, 0.6) is 0 Å². The van der Waals surface area contributed by atoms with Crippen LogP contribution in [0.4, 0.5) is 0 Å². The molecule has 0 atom stereocenters. The summed E-state index contributed by atoms with van der Waals surface area (Å²) in [6.07, 6.45) is 8.67. The average molecular weight is 328 g/mol. The number of halogens is 2. The van der Waals surface area contributed by atoms with Crippen LogP contribution in [0.1, 0.15) is 0 Å². The Hall–Kier alpha value is -0.497. The Kier molecular flexibility index (Phi) is 13.1. The molecule has 0 saturated heterocycles. The third-order valence-corrected chi connectivity index (χ3v) is 1.03. The van der Waals surface area contributed by atoms with Crippen molar-refractivity contribution in [1.82, 2.24) is 9.97 Å². The van der Waals surface area contributed by atoms with Gasteiger partial charge < -0.3 is 9.97 Å². The van der Waals surface area contributed by atoms with Crippen molar-refractivity contribution in [2.24, 2.45) is 0 Å². The molecule has 0 aromatic carbocycles. The van der Waals surface area contributed by atoms with Gasteiger partial charge in [0, 0.05) is 0 Å². The van der Waals surface area contributed by atoms with E-state index in [1.807, 2.05) is 24.3 Å². The smallest absolute Gasteiger partial charge is 0.0813 e. The Balaban J connectivity index is 0.000000210. The van der Waals surface area contributed by atoms with Gasteiger partial charge in [-0.25, -0.2) is 0 Å². The molecular formula is C10H8Cl2N2Ru. The predicted molar refractivity (Wildman–Crippen MR) is 57.9 cm³/mol. The van der Waals surface area contributed by atoms with E-state index in [0.717, 1.165) is 0 Å². The molecule has 2 aromatic rings. The summed E-state index contributed by atoms with van der Waals surface area (Å²) in [4.78, 5) is 7.32. The number of nitrogens with zero attached hydrogens (tertiary/aromatic N) is 2. The molecule has 0 fully saturated rings. The second kappa shape index (κ2) is 13.5. The minimum absolute atomic E-state index is 0.346. The molecule has 0 spiro atoms. The largest absolute Gasteiger partial charge is 0.394 e. The fourth-order valence-electron chi connectivity index (χ4n) is 0.555. The van der Waals surface area contributed by atoms with E-state index in [1.165, 1.54) is 0 Å². The van der Waals surface area contributed by atoms with Crippen molar-refractivity contribution in [2.45, 2.75) is 0 Å². The zero-order valence-electron chi connectivity index (χ0n) is 7.62. The molecule has 0 amide bonds. The predicted octanol–water partition coefficient (Wildman–Crippen LogP) is 3.14. The number of rotatable bonds is 0. The first-order valence-electron chi connectivity index (χ1n) is 3.81. The van der Waals surface area contributed by atoms with Crippen LogP contribution >= 0.6 is 19.4 Å². The third kappa shape index (κ3) is 13.5. The van der Waals surface area contributed by atoms with Crippen molar-refractivity contribution >= 4 is 19.4 Å². The van der Waals surface area contributed by atoms with E-state index in [0.29, 0.717) is 0 Å². The van der Waals surface area contributed by atoms with E-state index in [4.69, 9.17) is 19.4 Å². The number of pyridine rings is 2. The molecule has 80 valence electrons. The second-order valence-electron chi connectivity index (χ2n) is 1.97. The first-order chi connectivity index (χ1) is 7.41. The fourth-order valence-corrected chi connectivity index (χ4v) is 0.555. The maximum absolute atomic E-state index is 4.85. The standard InChI is InChI=1S/2C5H4N.2ClH.Ru/c2*1-2-4-6-5-3-1;;;/h2*1-4H;2*1H;/q2*-1;;;+4/p-2. The molecule has 2 aromatic heterocycles. The molecule has 5 heteroatoms. The van der Waals surface area contributed by atoms with Crippen LogP contribution in [0.25, 0.3) is 0 Å². The second-order valence-corrected chi connectivity index (χ2v) is 4.61. The zero-order chi connectivity index (χ0) is 11.2. The van der Waals surface area contributed by atoms with Gasteiger partial charge in [0.15, 0.2) is 0 Å². The van der Waals surface area contributed by atoms with Crippen LogP contribution in [0, 0.1) is 12.4 Å². The monoisotopic (exact) mass is 328 g/mol. The molecule has 0 radical (unpaired) electrons. The topological polar surface area (TPSA) is 25.8 Å². The molecule has 15 heavy (non-hydrogen) atoms. The third-order valence-electron chi connectivity index (χ3n) is 1.03. The number of aromatic nitrogens is 2. The van der Waals surface area contributed by atoms with Crippen LogP contribution in [-0.2, 0) is 15.1 Å². The van der Waals surface area contributed by atoms with E-state index < -0.39 is 0 Å². The first-order valence-corrected chi connectivity index (χ1v) is 8.28. The van der Waals surface area contributed by atoms with Gasteiger partial charge in [-0.2, -0.15) is 36.4 Å². The summed E-state index contributed by atoms with van der Waals surface area (Å²) in [7, 11) is 9.71.